The number of carbonyl (C=O) groups is 3. The summed E-state index contributed by atoms with van der Waals surface area (Å²) in [5.41, 5.74) is 1.06. The molecule has 0 aliphatic carbocycles. The van der Waals surface area contributed by atoms with Gasteiger partial charge < -0.3 is 49.8 Å². The van der Waals surface area contributed by atoms with Crippen LogP contribution in [-0.4, -0.2) is 122 Å². The molecule has 0 saturated carbocycles. The number of piperazine rings is 1. The average Bonchev–Trinajstić information content (AvgIpc) is 3.57. The quantitative estimate of drug-likeness (QED) is 0.0664. The number of phenolic OH excluding ortho intramolecular Hbond substituents is 3. The predicted molar refractivity (Wildman–Crippen MR) is 259 cm³/mol. The Bertz CT molecular complexity index is 2630. The Morgan fingerprint density at radius 2 is 1.65 bits per heavy atom. The van der Waals surface area contributed by atoms with E-state index in [1.165, 1.54) is 59.4 Å². The number of hydrogen-bond donors (Lipinski definition) is 6. The van der Waals surface area contributed by atoms with E-state index in [0.717, 1.165) is 5.56 Å². The number of benzene rings is 3. The summed E-state index contributed by atoms with van der Waals surface area (Å²) in [6.45, 7) is 18.2. The number of nitrogens with one attached hydrogen (secondary N) is 1. The number of nitriles is 1. The first-order chi connectivity index (χ1) is 32.5. The molecule has 370 valence electrons. The van der Waals surface area contributed by atoms with E-state index in [2.05, 4.69) is 16.3 Å². The molecule has 4 heterocycles. The third kappa shape index (κ3) is 10.4. The molecule has 1 fully saturated rings. The van der Waals surface area contributed by atoms with Gasteiger partial charge in [-0.2, -0.15) is 10.4 Å². The fourth-order valence-electron chi connectivity index (χ4n) is 9.77. The first-order valence-electron chi connectivity index (χ1n) is 23.2. The number of ketones is 1. The van der Waals surface area contributed by atoms with Gasteiger partial charge in [-0.05, 0) is 51.5 Å². The largest absolute Gasteiger partial charge is 0.507 e. The third-order valence-electron chi connectivity index (χ3n) is 13.8. The lowest BCUT2D eigenvalue weighted by Gasteiger charge is -2.42. The first-order valence-corrected chi connectivity index (χ1v) is 23.2. The van der Waals surface area contributed by atoms with Gasteiger partial charge in [0.05, 0.1) is 76.7 Å². The van der Waals surface area contributed by atoms with Crippen LogP contribution in [0.25, 0.3) is 10.8 Å². The molecule has 3 aromatic rings. The Kier molecular flexibility index (Phi) is 15.8. The summed E-state index contributed by atoms with van der Waals surface area (Å²) in [6.07, 6.45) is 4.76. The zero-order chi connectivity index (χ0) is 50.8. The second kappa shape index (κ2) is 21.0. The number of phenols is 3. The number of hydrazone groups is 1. The van der Waals surface area contributed by atoms with Gasteiger partial charge in [0.25, 0.3) is 11.7 Å². The van der Waals surface area contributed by atoms with Crippen molar-refractivity contribution in [2.24, 2.45) is 28.8 Å². The van der Waals surface area contributed by atoms with Crippen LogP contribution in [0, 0.1) is 41.9 Å². The van der Waals surface area contributed by atoms with E-state index in [0.29, 0.717) is 25.2 Å². The van der Waals surface area contributed by atoms with Crippen molar-refractivity contribution in [3.8, 4) is 29.1 Å². The van der Waals surface area contributed by atoms with E-state index < -0.39 is 88.8 Å². The number of aromatic hydroxyl groups is 3. The number of anilines is 1. The number of nitrogens with zero attached hydrogens (tertiary/aromatic N) is 4. The molecule has 0 aromatic heterocycles. The van der Waals surface area contributed by atoms with Crippen molar-refractivity contribution in [1.29, 1.82) is 5.26 Å². The summed E-state index contributed by atoms with van der Waals surface area (Å²) >= 11 is 0. The fraction of sp³-hybridized carbons (Fsp3) is 0.481. The normalized spacial score (nSPS) is 31.1. The Balaban J connectivity index is 1.48. The van der Waals surface area contributed by atoms with Crippen LogP contribution >= 0.6 is 0 Å². The highest BCUT2D eigenvalue weighted by molar-refractivity contribution is 6.23. The highest BCUT2D eigenvalue weighted by Gasteiger charge is 2.50. The standard InChI is InChI=1S/C52H65N5O12/c1-26-14-12-15-27(2)51(65)55-42-37(22-54-57-28(3)23-56(24-29(57)4)25-36-17-13-16-35(20-36)21-53)46(62)39-40(47(42)63)45(61)33(8)49-41(39)50(64)52(10,69-49)67-19-18-38(66-11)30(5)48(68-34(9)58)32(7)44(60)31(6)43(26)59/h12-20,22,26,28-32,38,43-44,48,59-63H,23-25H2,1-11H3,(H,55,65)/b14-12+,19-18+,27-15-,54-22+/t26-,28?,29?,30+,31+,32+,38-,43-,44+,48+,52-/m0/s1. The van der Waals surface area contributed by atoms with Crippen LogP contribution in [-0.2, 0) is 30.3 Å². The zero-order valence-electron chi connectivity index (χ0n) is 41.1. The number of fused-ring (bicyclic) bond motifs is 14. The topological polar surface area (TPSA) is 244 Å². The molecule has 3 aromatic carbocycles. The van der Waals surface area contributed by atoms with Crippen molar-refractivity contribution in [2.75, 3.05) is 25.5 Å². The molecular weight excluding hydrogens is 887 g/mol. The molecule has 2 unspecified atom stereocenters. The van der Waals surface area contributed by atoms with Crippen LogP contribution in [0.1, 0.15) is 94.9 Å². The Hall–Kier alpha value is -6.45. The van der Waals surface area contributed by atoms with Gasteiger partial charge in [0.2, 0.25) is 0 Å². The second-order valence-electron chi connectivity index (χ2n) is 18.9. The number of Topliss-reactive ketones (excluding diaryl/α,β-unsaturated/α-hetero) is 1. The first kappa shape index (κ1) is 51.9. The van der Waals surface area contributed by atoms with E-state index in [1.807, 2.05) is 37.1 Å². The van der Waals surface area contributed by atoms with Gasteiger partial charge >= 0.3 is 11.8 Å². The van der Waals surface area contributed by atoms with Gasteiger partial charge in [-0.1, -0.05) is 58.1 Å². The Morgan fingerprint density at radius 3 is 2.29 bits per heavy atom. The SMILES string of the molecule is CO[C@H]1/C=C/O[C@@]2(C)Oc3c(C)c(O)c4c(O)c(c(/C=N/N5C(C)CN(Cc6cccc(C#N)c6)CC5C)c(O)c4c3C2=O)NC(=O)/C(C)=C\C=C\[C@H](C)[C@H](O)[C@@H](C)[C@@H](O)[C@@H](C)[C@H](OC(C)=O)[C@@H]1C. The second-order valence-corrected chi connectivity index (χ2v) is 18.9. The number of amides is 1. The molecule has 5 bridgehead atoms. The minimum atomic E-state index is -2.08. The molecular formula is C52H65N5O12. The Morgan fingerprint density at radius 1 is 0.971 bits per heavy atom. The summed E-state index contributed by atoms with van der Waals surface area (Å²) in [5, 5.41) is 77.5. The van der Waals surface area contributed by atoms with Crippen LogP contribution in [0.3, 0.4) is 0 Å². The summed E-state index contributed by atoms with van der Waals surface area (Å²) < 4.78 is 23.8. The van der Waals surface area contributed by atoms with Gasteiger partial charge in [0.1, 0.15) is 23.4 Å². The highest BCUT2D eigenvalue weighted by Crippen LogP contribution is 2.55. The van der Waals surface area contributed by atoms with Gasteiger partial charge in [0.15, 0.2) is 5.75 Å². The maximum atomic E-state index is 14.7. The fourth-order valence-corrected chi connectivity index (χ4v) is 9.77. The summed E-state index contributed by atoms with van der Waals surface area (Å²) in [7, 11) is 1.43. The number of hydrogen-bond acceptors (Lipinski definition) is 16. The van der Waals surface area contributed by atoms with Crippen molar-refractivity contribution in [1.82, 2.24) is 9.91 Å². The number of allylic oxidation sites excluding steroid dienone is 2. The molecule has 4 aliphatic rings. The predicted octanol–water partition coefficient (Wildman–Crippen LogP) is 6.55. The molecule has 0 radical (unpaired) electrons. The lowest BCUT2D eigenvalue weighted by Crippen LogP contribution is -2.54. The van der Waals surface area contributed by atoms with Crippen LogP contribution in [0.5, 0.6) is 23.0 Å². The Labute approximate surface area is 402 Å². The third-order valence-corrected chi connectivity index (χ3v) is 13.8. The minimum absolute atomic E-state index is 0.0350. The number of esters is 1. The van der Waals surface area contributed by atoms with E-state index in [1.54, 1.807) is 45.9 Å². The van der Waals surface area contributed by atoms with Gasteiger partial charge in [-0.3, -0.25) is 24.3 Å². The summed E-state index contributed by atoms with van der Waals surface area (Å²) in [6, 6.07) is 9.26. The van der Waals surface area contributed by atoms with E-state index in [9.17, 15) is 45.2 Å². The van der Waals surface area contributed by atoms with E-state index in [4.69, 9.17) is 24.0 Å². The van der Waals surface area contributed by atoms with Crippen LogP contribution < -0.4 is 10.1 Å². The maximum Gasteiger partial charge on any atom is 0.312 e. The molecule has 1 saturated heterocycles. The number of aliphatic hydroxyl groups is 2. The van der Waals surface area contributed by atoms with Crippen LogP contribution in [0.15, 0.2) is 65.5 Å². The number of methoxy groups -OCH3 is 1. The van der Waals surface area contributed by atoms with Crippen molar-refractivity contribution in [2.45, 2.75) is 118 Å². The molecule has 69 heavy (non-hydrogen) atoms. The van der Waals surface area contributed by atoms with Crippen LogP contribution in [0.2, 0.25) is 0 Å². The number of carbonyl (C=O) groups excluding carboxylic acids is 3. The number of aliphatic hydroxyl groups excluding tert-OH is 2. The highest BCUT2D eigenvalue weighted by atomic mass is 16.7. The minimum Gasteiger partial charge on any atom is -0.507 e. The summed E-state index contributed by atoms with van der Waals surface area (Å²) in [4.78, 5) is 43.3. The molecule has 17 heteroatoms. The monoisotopic (exact) mass is 951 g/mol. The lowest BCUT2D eigenvalue weighted by molar-refractivity contribution is -0.160. The number of ether oxygens (including phenoxy) is 4. The lowest BCUT2D eigenvalue weighted by atomic mass is 9.78. The summed E-state index contributed by atoms with van der Waals surface area (Å²) in [5.74, 6) is -8.64. The van der Waals surface area contributed by atoms with Gasteiger partial charge in [-0.25, -0.2) is 0 Å². The smallest absolute Gasteiger partial charge is 0.312 e. The molecule has 6 N–H and O–H groups in total. The number of rotatable bonds is 6. The van der Waals surface area contributed by atoms with Gasteiger partial charge in [0, 0.05) is 80.8 Å². The van der Waals surface area contributed by atoms with Crippen LogP contribution in [0.4, 0.5) is 5.69 Å². The molecule has 7 rings (SSSR count). The van der Waals surface area contributed by atoms with Gasteiger partial charge in [-0.15, -0.1) is 0 Å². The molecule has 1 amide bonds. The molecule has 11 atom stereocenters. The average molecular weight is 952 g/mol. The van der Waals surface area contributed by atoms with E-state index in [-0.39, 0.29) is 56.6 Å². The van der Waals surface area contributed by atoms with Crippen molar-refractivity contribution >= 4 is 40.3 Å². The van der Waals surface area contributed by atoms with Crippen molar-refractivity contribution < 1.29 is 58.9 Å². The van der Waals surface area contributed by atoms with Crippen molar-refractivity contribution in [3.05, 3.63) is 88.2 Å². The maximum absolute atomic E-state index is 14.7. The molecule has 4 aliphatic heterocycles. The molecule has 17 nitrogen and oxygen atoms in total. The van der Waals surface area contributed by atoms with E-state index >= 15 is 0 Å². The zero-order valence-corrected chi connectivity index (χ0v) is 41.1. The van der Waals surface area contributed by atoms with Crippen molar-refractivity contribution in [3.63, 3.8) is 0 Å². The molecule has 0 spiro atoms.